The number of carbonyl (C=O) groups is 1. The van der Waals surface area contributed by atoms with Gasteiger partial charge < -0.3 is 4.74 Å². The van der Waals surface area contributed by atoms with E-state index < -0.39 is 23.7 Å². The molecule has 0 saturated carbocycles. The third-order valence-corrected chi connectivity index (χ3v) is 3.82. The second kappa shape index (κ2) is 6.90. The van der Waals surface area contributed by atoms with Gasteiger partial charge >= 0.3 is 5.97 Å². The first kappa shape index (κ1) is 17.1. The Morgan fingerprint density at radius 1 is 1.04 bits per heavy atom. The predicted octanol–water partition coefficient (Wildman–Crippen LogP) is 5.02. The van der Waals surface area contributed by atoms with Crippen molar-refractivity contribution < 1.29 is 18.3 Å². The summed E-state index contributed by atoms with van der Waals surface area (Å²) in [6.07, 6.45) is -1.58. The lowest BCUT2D eigenvalue weighted by atomic mass is 9.80. The van der Waals surface area contributed by atoms with Gasteiger partial charge in [-0.3, -0.25) is 0 Å². The minimum absolute atomic E-state index is 0.246. The van der Waals surface area contributed by atoms with Crippen molar-refractivity contribution in [3.05, 3.63) is 71.3 Å². The maximum absolute atomic E-state index is 15.1. The second-order valence-electron chi connectivity index (χ2n) is 5.97. The molecule has 2 aromatic carbocycles. The number of methoxy groups -OCH3 is 1. The molecule has 2 nitrogen and oxygen atoms in total. The van der Waals surface area contributed by atoms with Crippen molar-refractivity contribution in [2.75, 3.05) is 7.11 Å². The summed E-state index contributed by atoms with van der Waals surface area (Å²) < 4.78 is 34.5. The van der Waals surface area contributed by atoms with E-state index >= 15 is 4.39 Å². The fourth-order valence-electron chi connectivity index (χ4n) is 2.72. The Morgan fingerprint density at radius 2 is 1.65 bits per heavy atom. The third-order valence-electron chi connectivity index (χ3n) is 3.82. The van der Waals surface area contributed by atoms with Crippen molar-refractivity contribution in [3.8, 4) is 0 Å². The van der Waals surface area contributed by atoms with Crippen LogP contribution in [0, 0.1) is 0 Å². The summed E-state index contributed by atoms with van der Waals surface area (Å²) in [6, 6.07) is 14.8. The molecule has 0 aliphatic rings. The van der Waals surface area contributed by atoms with Gasteiger partial charge in [-0.1, -0.05) is 42.5 Å². The zero-order chi connectivity index (χ0) is 17.0. The molecule has 2 aromatic rings. The molecule has 0 unspecified atom stereocenters. The van der Waals surface area contributed by atoms with Crippen LogP contribution in [0.25, 0.3) is 0 Å². The van der Waals surface area contributed by atoms with Crippen molar-refractivity contribution in [1.82, 2.24) is 0 Å². The maximum Gasteiger partial charge on any atom is 0.337 e. The summed E-state index contributed by atoms with van der Waals surface area (Å²) in [7, 11) is 1.26. The Morgan fingerprint density at radius 3 is 2.22 bits per heavy atom. The fraction of sp³-hybridized carbons (Fsp3) is 0.316. The number of carbonyl (C=O) groups excluding carboxylic acids is 1. The molecule has 0 heterocycles. The molecular weight excluding hydrogens is 298 g/mol. The lowest BCUT2D eigenvalue weighted by molar-refractivity contribution is 0.0600. The Labute approximate surface area is 135 Å². The van der Waals surface area contributed by atoms with Gasteiger partial charge in [-0.2, -0.15) is 0 Å². The maximum atomic E-state index is 15.1. The number of rotatable bonds is 5. The van der Waals surface area contributed by atoms with Crippen molar-refractivity contribution in [3.63, 3.8) is 0 Å². The van der Waals surface area contributed by atoms with Gasteiger partial charge in [0.1, 0.15) is 11.8 Å². The van der Waals surface area contributed by atoms with Crippen LogP contribution in [0.4, 0.5) is 8.78 Å². The van der Waals surface area contributed by atoms with E-state index in [0.717, 1.165) is 0 Å². The summed E-state index contributed by atoms with van der Waals surface area (Å²) in [5.41, 5.74) is -0.679. The Hall–Kier alpha value is -2.23. The summed E-state index contributed by atoms with van der Waals surface area (Å²) in [4.78, 5) is 11.6. The van der Waals surface area contributed by atoms with E-state index in [1.54, 1.807) is 48.5 Å². The Kier molecular flexibility index (Phi) is 5.14. The van der Waals surface area contributed by atoms with Crippen molar-refractivity contribution in [1.29, 1.82) is 0 Å². The first-order valence-electron chi connectivity index (χ1n) is 7.41. The molecule has 4 heteroatoms. The van der Waals surface area contributed by atoms with Crippen LogP contribution in [0.5, 0.6) is 0 Å². The van der Waals surface area contributed by atoms with Crippen molar-refractivity contribution in [2.45, 2.75) is 31.6 Å². The molecule has 2 rings (SSSR count). The molecule has 0 spiro atoms. The predicted molar refractivity (Wildman–Crippen MR) is 86.0 cm³/mol. The smallest absolute Gasteiger partial charge is 0.337 e. The first-order valence-corrected chi connectivity index (χ1v) is 7.41. The van der Waals surface area contributed by atoms with Crippen molar-refractivity contribution in [2.24, 2.45) is 0 Å². The molecule has 0 saturated heterocycles. The van der Waals surface area contributed by atoms with E-state index in [-0.39, 0.29) is 11.1 Å². The fourth-order valence-corrected chi connectivity index (χ4v) is 2.72. The zero-order valence-corrected chi connectivity index (χ0v) is 13.4. The molecule has 2 atom stereocenters. The highest BCUT2D eigenvalue weighted by molar-refractivity contribution is 5.89. The quantitative estimate of drug-likeness (QED) is 0.724. The van der Waals surface area contributed by atoms with E-state index in [9.17, 15) is 9.18 Å². The number of esters is 1. The van der Waals surface area contributed by atoms with E-state index in [1.807, 2.05) is 0 Å². The number of alkyl halides is 2. The van der Waals surface area contributed by atoms with E-state index in [2.05, 4.69) is 4.74 Å². The Bertz CT molecular complexity index is 663. The average Bonchev–Trinajstić information content (AvgIpc) is 2.54. The van der Waals surface area contributed by atoms with Gasteiger partial charge in [0.15, 0.2) is 0 Å². The lowest BCUT2D eigenvalue weighted by Crippen LogP contribution is -2.28. The molecule has 0 radical (unpaired) electrons. The molecule has 122 valence electrons. The SMILES string of the molecule is COC(=O)c1cccc([C@H](F)[C@@H](c2ccccc2)C(C)(C)F)c1. The molecule has 0 amide bonds. The first-order chi connectivity index (χ1) is 10.8. The van der Waals surface area contributed by atoms with Crippen molar-refractivity contribution >= 4 is 5.97 Å². The zero-order valence-electron chi connectivity index (χ0n) is 13.4. The van der Waals surface area contributed by atoms with Gasteiger partial charge in [0.25, 0.3) is 0 Å². The molecule has 23 heavy (non-hydrogen) atoms. The molecule has 0 N–H and O–H groups in total. The largest absolute Gasteiger partial charge is 0.465 e. The van der Waals surface area contributed by atoms with Gasteiger partial charge in [0.05, 0.1) is 18.6 Å². The van der Waals surface area contributed by atoms with Crippen LogP contribution >= 0.6 is 0 Å². The van der Waals surface area contributed by atoms with Crippen LogP contribution in [0.2, 0.25) is 0 Å². The summed E-state index contributed by atoms with van der Waals surface area (Å²) in [5, 5.41) is 0. The minimum Gasteiger partial charge on any atom is -0.465 e. The number of hydrogen-bond donors (Lipinski definition) is 0. The van der Waals surface area contributed by atoms with Gasteiger partial charge in [-0.15, -0.1) is 0 Å². The van der Waals surface area contributed by atoms with Gasteiger partial charge in [0, 0.05) is 0 Å². The molecule has 0 aliphatic carbocycles. The standard InChI is InChI=1S/C19H20F2O2/c1-19(2,21)16(13-8-5-4-6-9-13)17(20)14-10-7-11-15(12-14)18(22)23-3/h4-12,16-17H,1-3H3/t16-,17+/m1/s1. The molecule has 0 aliphatic heterocycles. The molecule has 0 aromatic heterocycles. The highest BCUT2D eigenvalue weighted by Crippen LogP contribution is 2.43. The number of ether oxygens (including phenoxy) is 1. The minimum atomic E-state index is -1.76. The lowest BCUT2D eigenvalue weighted by Gasteiger charge is -2.30. The molecule has 0 fully saturated rings. The van der Waals surface area contributed by atoms with Gasteiger partial charge in [-0.05, 0) is 37.1 Å². The Balaban J connectivity index is 2.42. The van der Waals surface area contributed by atoms with E-state index in [0.29, 0.717) is 5.56 Å². The number of halogens is 2. The van der Waals surface area contributed by atoms with Crippen LogP contribution in [-0.4, -0.2) is 18.7 Å². The molecular formula is C19H20F2O2. The highest BCUT2D eigenvalue weighted by Gasteiger charge is 2.38. The number of hydrogen-bond acceptors (Lipinski definition) is 2. The van der Waals surface area contributed by atoms with Crippen LogP contribution < -0.4 is 0 Å². The summed E-state index contributed by atoms with van der Waals surface area (Å²) >= 11 is 0. The van der Waals surface area contributed by atoms with E-state index in [1.165, 1.54) is 27.0 Å². The van der Waals surface area contributed by atoms with Crippen LogP contribution in [-0.2, 0) is 4.74 Å². The average molecular weight is 318 g/mol. The third kappa shape index (κ3) is 3.95. The monoisotopic (exact) mass is 318 g/mol. The number of benzene rings is 2. The molecule has 0 bridgehead atoms. The van der Waals surface area contributed by atoms with Crippen LogP contribution in [0.1, 0.15) is 47.4 Å². The normalized spacial score (nSPS) is 14.1. The topological polar surface area (TPSA) is 26.3 Å². The summed E-state index contributed by atoms with van der Waals surface area (Å²) in [5.74, 6) is -1.52. The summed E-state index contributed by atoms with van der Waals surface area (Å²) in [6.45, 7) is 2.73. The van der Waals surface area contributed by atoms with Gasteiger partial charge in [-0.25, -0.2) is 13.6 Å². The van der Waals surface area contributed by atoms with Crippen LogP contribution in [0.3, 0.4) is 0 Å². The van der Waals surface area contributed by atoms with Crippen LogP contribution in [0.15, 0.2) is 54.6 Å². The van der Waals surface area contributed by atoms with Gasteiger partial charge in [0.2, 0.25) is 0 Å². The van der Waals surface area contributed by atoms with E-state index in [4.69, 9.17) is 0 Å². The second-order valence-corrected chi connectivity index (χ2v) is 5.97. The highest BCUT2D eigenvalue weighted by atomic mass is 19.2.